The summed E-state index contributed by atoms with van der Waals surface area (Å²) in [6.45, 7) is 0.396. The van der Waals surface area contributed by atoms with E-state index in [1.165, 1.54) is 0 Å². The summed E-state index contributed by atoms with van der Waals surface area (Å²) in [4.78, 5) is 10.6. The number of unbranched alkanes of at least 4 members (excludes halogenated alkanes) is 3. The molecular weight excluding hydrogens is 388 g/mol. The van der Waals surface area contributed by atoms with Crippen molar-refractivity contribution in [3.63, 3.8) is 0 Å². The maximum Gasteiger partial charge on any atom is 0.303 e. The lowest BCUT2D eigenvalue weighted by Gasteiger charge is -2.31. The number of para-hydroxylation sites is 1. The number of hydrogen-bond acceptors (Lipinski definition) is 6. The largest absolute Gasteiger partial charge is 0.481 e. The zero-order chi connectivity index (χ0) is 21.5. The third kappa shape index (κ3) is 6.17. The van der Waals surface area contributed by atoms with Crippen LogP contribution in [-0.2, 0) is 16.1 Å². The third-order valence-electron chi connectivity index (χ3n) is 6.43. The van der Waals surface area contributed by atoms with Gasteiger partial charge in [-0.15, -0.1) is 0 Å². The molecule has 1 aliphatic carbocycles. The van der Waals surface area contributed by atoms with Crippen LogP contribution in [0.2, 0.25) is 0 Å². The number of fused-ring (bicyclic) bond motifs is 1. The van der Waals surface area contributed by atoms with Gasteiger partial charge in [-0.1, -0.05) is 37.5 Å². The summed E-state index contributed by atoms with van der Waals surface area (Å²) in [5.41, 5.74) is 0.957. The number of aliphatic hydroxyl groups excluding tert-OH is 3. The van der Waals surface area contributed by atoms with Gasteiger partial charge in [-0.3, -0.25) is 4.79 Å². The zero-order valence-corrected chi connectivity index (χ0v) is 17.4. The molecule has 1 fully saturated rings. The molecular formula is C23H34O7. The minimum absolute atomic E-state index is 0.000548. The van der Waals surface area contributed by atoms with Crippen LogP contribution in [-0.4, -0.2) is 51.0 Å². The first kappa shape index (κ1) is 23.0. The maximum absolute atomic E-state index is 10.6. The number of carboxylic acids is 1. The van der Waals surface area contributed by atoms with Crippen molar-refractivity contribution in [3.05, 3.63) is 29.8 Å². The first-order valence-electron chi connectivity index (χ1n) is 11.1. The van der Waals surface area contributed by atoms with Crippen molar-refractivity contribution >= 4 is 5.97 Å². The van der Waals surface area contributed by atoms with Crippen LogP contribution < -0.4 is 4.74 Å². The van der Waals surface area contributed by atoms with Gasteiger partial charge >= 0.3 is 5.97 Å². The number of aliphatic hydroxyl groups is 3. The molecule has 4 N–H and O–H groups in total. The van der Waals surface area contributed by atoms with Crippen LogP contribution in [0.5, 0.6) is 5.75 Å². The average molecular weight is 423 g/mol. The molecule has 1 heterocycles. The number of hydrogen-bond donors (Lipinski definition) is 4. The first-order chi connectivity index (χ1) is 14.5. The molecule has 1 aromatic carbocycles. The maximum atomic E-state index is 10.6. The lowest BCUT2D eigenvalue weighted by atomic mass is 9.84. The van der Waals surface area contributed by atoms with Crippen molar-refractivity contribution in [2.24, 2.45) is 11.8 Å². The molecule has 0 aromatic heterocycles. The molecule has 6 atom stereocenters. The summed E-state index contributed by atoms with van der Waals surface area (Å²) in [6, 6.07) is 7.60. The summed E-state index contributed by atoms with van der Waals surface area (Å²) < 4.78 is 11.4. The number of aliphatic carboxylic acids is 1. The SMILES string of the molecule is O=C(O)CCCCCC[C@@H]1[C@@H](CC[C@H](O)[C@H]2OCc3ccccc3O2)[C@H](O)C[C@@H]1O. The van der Waals surface area contributed by atoms with E-state index in [0.717, 1.165) is 37.0 Å². The van der Waals surface area contributed by atoms with Gasteiger partial charge in [0.25, 0.3) is 0 Å². The quantitative estimate of drug-likeness (QED) is 0.405. The standard InChI is InChI=1S/C23H34O7/c24-18(23-29-14-15-7-5-6-9-21(15)30-23)12-11-17-16(19(25)13-20(17)26)8-3-1-2-4-10-22(27)28/h5-7,9,16-20,23-26H,1-4,8,10-14H2,(H,27,28)/t16-,17-,18+,19+,20-,23+/m1/s1. The second-order valence-corrected chi connectivity index (χ2v) is 8.59. The van der Waals surface area contributed by atoms with Gasteiger partial charge in [0.15, 0.2) is 0 Å². The second-order valence-electron chi connectivity index (χ2n) is 8.59. The van der Waals surface area contributed by atoms with E-state index in [2.05, 4.69) is 0 Å². The number of rotatable bonds is 11. The fourth-order valence-corrected chi connectivity index (χ4v) is 4.75. The minimum Gasteiger partial charge on any atom is -0.481 e. The van der Waals surface area contributed by atoms with Gasteiger partial charge in [-0.05, 0) is 50.0 Å². The zero-order valence-electron chi connectivity index (χ0n) is 17.4. The highest BCUT2D eigenvalue weighted by Crippen LogP contribution is 2.39. The van der Waals surface area contributed by atoms with Crippen LogP contribution in [0.1, 0.15) is 63.4 Å². The highest BCUT2D eigenvalue weighted by molar-refractivity contribution is 5.66. The Hall–Kier alpha value is -1.67. The molecule has 168 valence electrons. The van der Waals surface area contributed by atoms with Gasteiger partial charge in [0.2, 0.25) is 6.29 Å². The Morgan fingerprint density at radius 2 is 1.73 bits per heavy atom. The molecule has 3 rings (SSSR count). The lowest BCUT2D eigenvalue weighted by Crippen LogP contribution is -2.37. The van der Waals surface area contributed by atoms with Crippen molar-refractivity contribution < 1.29 is 34.7 Å². The van der Waals surface area contributed by atoms with Crippen molar-refractivity contribution in [1.29, 1.82) is 0 Å². The number of carboxylic acid groups (broad SMARTS) is 1. The molecule has 2 aliphatic rings. The topological polar surface area (TPSA) is 116 Å². The normalized spacial score (nSPS) is 29.2. The Balaban J connectivity index is 1.43. The van der Waals surface area contributed by atoms with E-state index in [9.17, 15) is 20.1 Å². The van der Waals surface area contributed by atoms with Crippen LogP contribution in [0.25, 0.3) is 0 Å². The van der Waals surface area contributed by atoms with Crippen molar-refractivity contribution in [1.82, 2.24) is 0 Å². The Morgan fingerprint density at radius 3 is 2.50 bits per heavy atom. The molecule has 0 amide bonds. The molecule has 1 saturated carbocycles. The van der Waals surface area contributed by atoms with Crippen LogP contribution in [0, 0.1) is 11.8 Å². The van der Waals surface area contributed by atoms with Crippen molar-refractivity contribution in [3.8, 4) is 5.75 Å². The lowest BCUT2D eigenvalue weighted by molar-refractivity contribution is -0.168. The highest BCUT2D eigenvalue weighted by Gasteiger charge is 2.41. The van der Waals surface area contributed by atoms with Crippen molar-refractivity contribution in [2.75, 3.05) is 0 Å². The molecule has 0 spiro atoms. The molecule has 1 aromatic rings. The Kier molecular flexibility index (Phi) is 8.50. The summed E-state index contributed by atoms with van der Waals surface area (Å²) in [6.07, 6.45) is 3.10. The van der Waals surface area contributed by atoms with E-state index in [0.29, 0.717) is 32.3 Å². The van der Waals surface area contributed by atoms with E-state index in [4.69, 9.17) is 14.6 Å². The Morgan fingerprint density at radius 1 is 1.03 bits per heavy atom. The first-order valence-corrected chi connectivity index (χ1v) is 11.1. The Bertz CT molecular complexity index is 679. The minimum atomic E-state index is -0.806. The van der Waals surface area contributed by atoms with Gasteiger partial charge < -0.3 is 29.9 Å². The molecule has 0 saturated heterocycles. The van der Waals surface area contributed by atoms with E-state index >= 15 is 0 Å². The third-order valence-corrected chi connectivity index (χ3v) is 6.43. The molecule has 7 nitrogen and oxygen atoms in total. The predicted octanol–water partition coefficient (Wildman–Crippen LogP) is 2.85. The van der Waals surface area contributed by atoms with Crippen LogP contribution >= 0.6 is 0 Å². The van der Waals surface area contributed by atoms with Crippen molar-refractivity contribution in [2.45, 2.75) is 89.0 Å². The van der Waals surface area contributed by atoms with Crippen LogP contribution in [0.15, 0.2) is 24.3 Å². The molecule has 0 radical (unpaired) electrons. The summed E-state index contributed by atoms with van der Waals surface area (Å²) in [5, 5.41) is 40.1. The fraction of sp³-hybridized carbons (Fsp3) is 0.696. The smallest absolute Gasteiger partial charge is 0.303 e. The fourth-order valence-electron chi connectivity index (χ4n) is 4.75. The summed E-state index contributed by atoms with van der Waals surface area (Å²) in [7, 11) is 0. The Labute approximate surface area is 177 Å². The highest BCUT2D eigenvalue weighted by atomic mass is 16.7. The van der Waals surface area contributed by atoms with E-state index in [-0.39, 0.29) is 18.3 Å². The molecule has 1 aliphatic heterocycles. The summed E-state index contributed by atoms with van der Waals surface area (Å²) in [5.74, 6) is -0.104. The van der Waals surface area contributed by atoms with E-state index < -0.39 is 30.6 Å². The number of carbonyl (C=O) groups is 1. The molecule has 0 unspecified atom stereocenters. The van der Waals surface area contributed by atoms with E-state index in [1.807, 2.05) is 24.3 Å². The summed E-state index contributed by atoms with van der Waals surface area (Å²) >= 11 is 0. The molecule has 30 heavy (non-hydrogen) atoms. The van der Waals surface area contributed by atoms with Gasteiger partial charge in [-0.25, -0.2) is 0 Å². The van der Waals surface area contributed by atoms with Crippen LogP contribution in [0.4, 0.5) is 0 Å². The molecule has 0 bridgehead atoms. The average Bonchev–Trinajstić information content (AvgIpc) is 3.00. The monoisotopic (exact) mass is 422 g/mol. The van der Waals surface area contributed by atoms with Crippen LogP contribution in [0.3, 0.4) is 0 Å². The molecule has 7 heteroatoms. The van der Waals surface area contributed by atoms with Gasteiger partial charge in [0.05, 0.1) is 18.8 Å². The predicted molar refractivity (Wildman–Crippen MR) is 110 cm³/mol. The second kappa shape index (κ2) is 11.1. The number of ether oxygens (including phenoxy) is 2. The van der Waals surface area contributed by atoms with E-state index in [1.54, 1.807) is 0 Å². The van der Waals surface area contributed by atoms with Gasteiger partial charge in [-0.2, -0.15) is 0 Å². The van der Waals surface area contributed by atoms with Gasteiger partial charge in [0.1, 0.15) is 11.9 Å². The number of benzene rings is 1. The van der Waals surface area contributed by atoms with Gasteiger partial charge in [0, 0.05) is 12.0 Å².